The second-order valence-electron chi connectivity index (χ2n) is 10.5. The van der Waals surface area contributed by atoms with Crippen LogP contribution in [0.1, 0.15) is 96.8 Å². The molecule has 2 atom stereocenters. The van der Waals surface area contributed by atoms with Crippen LogP contribution in [0.4, 0.5) is 0 Å². The van der Waals surface area contributed by atoms with Crippen LogP contribution in [0.25, 0.3) is 0 Å². The number of fused-ring (bicyclic) bond motifs is 1. The van der Waals surface area contributed by atoms with Gasteiger partial charge in [-0.3, -0.25) is 0 Å². The highest BCUT2D eigenvalue weighted by Gasteiger charge is 2.43. The highest BCUT2D eigenvalue weighted by atomic mass is 16.5. The number of rotatable bonds is 8. The maximum Gasteiger partial charge on any atom is 0.330 e. The molecule has 0 N–H and O–H groups in total. The highest BCUT2D eigenvalue weighted by Crippen LogP contribution is 2.55. The molecular formula is C28H40O3. The van der Waals surface area contributed by atoms with E-state index in [0.29, 0.717) is 25.0 Å². The highest BCUT2D eigenvalue weighted by molar-refractivity contribution is 5.83. The van der Waals surface area contributed by atoms with Crippen molar-refractivity contribution in [3.8, 4) is 5.75 Å². The molecule has 2 aliphatic rings. The summed E-state index contributed by atoms with van der Waals surface area (Å²) in [6, 6.07) is 4.83. The summed E-state index contributed by atoms with van der Waals surface area (Å²) in [6.07, 6.45) is 10.5. The van der Waals surface area contributed by atoms with Gasteiger partial charge in [0.1, 0.15) is 5.75 Å². The van der Waals surface area contributed by atoms with E-state index < -0.39 is 0 Å². The first-order chi connectivity index (χ1) is 14.6. The van der Waals surface area contributed by atoms with E-state index in [1.54, 1.807) is 6.08 Å². The molecule has 0 aromatic heterocycles. The van der Waals surface area contributed by atoms with Crippen molar-refractivity contribution < 1.29 is 14.3 Å². The van der Waals surface area contributed by atoms with Gasteiger partial charge in [0.25, 0.3) is 0 Å². The van der Waals surface area contributed by atoms with Crippen molar-refractivity contribution in [3.05, 3.63) is 52.6 Å². The number of allylic oxidation sites excluding steroid dienone is 3. The lowest BCUT2D eigenvalue weighted by atomic mass is 9.62. The summed E-state index contributed by atoms with van der Waals surface area (Å²) in [5, 5.41) is 0. The van der Waals surface area contributed by atoms with Crippen LogP contribution in [0, 0.1) is 5.92 Å². The molecular weight excluding hydrogens is 384 g/mol. The van der Waals surface area contributed by atoms with E-state index in [2.05, 4.69) is 52.8 Å². The Labute approximate surface area is 188 Å². The van der Waals surface area contributed by atoms with Gasteiger partial charge in [-0.25, -0.2) is 4.79 Å². The average Bonchev–Trinajstić information content (AvgIpc) is 3.45. The minimum Gasteiger partial charge on any atom is -0.494 e. The third-order valence-corrected chi connectivity index (χ3v) is 7.06. The van der Waals surface area contributed by atoms with E-state index in [4.69, 9.17) is 9.47 Å². The van der Waals surface area contributed by atoms with Crippen LogP contribution in [0.15, 0.2) is 35.9 Å². The van der Waals surface area contributed by atoms with Crippen molar-refractivity contribution in [3.63, 3.8) is 0 Å². The van der Waals surface area contributed by atoms with E-state index >= 15 is 0 Å². The zero-order valence-corrected chi connectivity index (χ0v) is 20.5. The Morgan fingerprint density at radius 1 is 1.06 bits per heavy atom. The number of benzene rings is 1. The van der Waals surface area contributed by atoms with Crippen LogP contribution >= 0.6 is 0 Å². The maximum absolute atomic E-state index is 11.6. The molecule has 0 heterocycles. The van der Waals surface area contributed by atoms with E-state index in [9.17, 15) is 4.79 Å². The maximum atomic E-state index is 11.6. The van der Waals surface area contributed by atoms with Crippen LogP contribution in [0.2, 0.25) is 0 Å². The third kappa shape index (κ3) is 5.42. The van der Waals surface area contributed by atoms with Crippen molar-refractivity contribution in [1.82, 2.24) is 0 Å². The molecule has 31 heavy (non-hydrogen) atoms. The molecule has 0 radical (unpaired) electrons. The summed E-state index contributed by atoms with van der Waals surface area (Å²) in [6.45, 7) is 16.5. The van der Waals surface area contributed by atoms with Gasteiger partial charge in [0.15, 0.2) is 0 Å². The fourth-order valence-electron chi connectivity index (χ4n) is 4.92. The second-order valence-corrected chi connectivity index (χ2v) is 10.5. The molecule has 170 valence electrons. The zero-order valence-electron chi connectivity index (χ0n) is 20.5. The smallest absolute Gasteiger partial charge is 0.330 e. The standard InChI is InChI=1S/C28H40O3/c1-8-30-25-18-24-23(27(4,5)13-14-28(24,6)7)17-22(25)21-16-20(21)12-10-11-19(3)15-26(29)31-9-2/h10-11,15,17-18,20-21H,8-9,12-14,16H2,1-7H3. The predicted octanol–water partition coefficient (Wildman–Crippen LogP) is 6.99. The molecule has 1 fully saturated rings. The second kappa shape index (κ2) is 9.22. The Morgan fingerprint density at radius 2 is 1.71 bits per heavy atom. The van der Waals surface area contributed by atoms with Crippen molar-refractivity contribution in [2.75, 3.05) is 13.2 Å². The van der Waals surface area contributed by atoms with Gasteiger partial charge in [0.05, 0.1) is 13.2 Å². The third-order valence-electron chi connectivity index (χ3n) is 7.06. The van der Waals surface area contributed by atoms with Gasteiger partial charge in [-0.2, -0.15) is 0 Å². The average molecular weight is 425 g/mol. The summed E-state index contributed by atoms with van der Waals surface area (Å²) < 4.78 is 11.1. The molecule has 3 heteroatoms. The molecule has 3 nitrogen and oxygen atoms in total. The van der Waals surface area contributed by atoms with Gasteiger partial charge in [-0.05, 0) is 97.5 Å². The molecule has 2 unspecified atom stereocenters. The number of carbonyl (C=O) groups excluding carboxylic acids is 1. The van der Waals surface area contributed by atoms with Crippen molar-refractivity contribution >= 4 is 5.97 Å². The van der Waals surface area contributed by atoms with Gasteiger partial charge in [0, 0.05) is 6.08 Å². The number of hydrogen-bond acceptors (Lipinski definition) is 3. The van der Waals surface area contributed by atoms with Gasteiger partial charge in [-0.15, -0.1) is 0 Å². The van der Waals surface area contributed by atoms with Gasteiger partial charge in [-0.1, -0.05) is 45.9 Å². The van der Waals surface area contributed by atoms with E-state index in [-0.39, 0.29) is 16.8 Å². The lowest BCUT2D eigenvalue weighted by Gasteiger charge is -2.42. The summed E-state index contributed by atoms with van der Waals surface area (Å²) in [5.41, 5.74) is 5.71. The monoisotopic (exact) mass is 424 g/mol. The van der Waals surface area contributed by atoms with Crippen LogP contribution < -0.4 is 4.74 Å². The lowest BCUT2D eigenvalue weighted by Crippen LogP contribution is -2.34. The predicted molar refractivity (Wildman–Crippen MR) is 128 cm³/mol. The Morgan fingerprint density at radius 3 is 2.32 bits per heavy atom. The lowest BCUT2D eigenvalue weighted by molar-refractivity contribution is -0.137. The Bertz CT molecular complexity index is 872. The fourth-order valence-corrected chi connectivity index (χ4v) is 4.92. The number of carbonyl (C=O) groups is 1. The van der Waals surface area contributed by atoms with Crippen LogP contribution in [0.3, 0.4) is 0 Å². The first-order valence-electron chi connectivity index (χ1n) is 11.9. The minimum absolute atomic E-state index is 0.198. The zero-order chi connectivity index (χ0) is 22.8. The van der Waals surface area contributed by atoms with Gasteiger partial charge < -0.3 is 9.47 Å². The van der Waals surface area contributed by atoms with Crippen LogP contribution in [-0.2, 0) is 20.4 Å². The largest absolute Gasteiger partial charge is 0.494 e. The number of ether oxygens (including phenoxy) is 2. The van der Waals surface area contributed by atoms with Crippen LogP contribution in [0.5, 0.6) is 5.75 Å². The summed E-state index contributed by atoms with van der Waals surface area (Å²) >= 11 is 0. The first-order valence-corrected chi connectivity index (χ1v) is 11.9. The molecule has 1 aromatic rings. The summed E-state index contributed by atoms with van der Waals surface area (Å²) in [7, 11) is 0. The van der Waals surface area contributed by atoms with Crippen molar-refractivity contribution in [2.24, 2.45) is 5.92 Å². The molecule has 0 bridgehead atoms. The minimum atomic E-state index is -0.269. The Balaban J connectivity index is 1.78. The molecule has 1 aromatic carbocycles. The van der Waals surface area contributed by atoms with Gasteiger partial charge in [0.2, 0.25) is 0 Å². The quantitative estimate of drug-likeness (QED) is 0.256. The fraction of sp³-hybridized carbons (Fsp3) is 0.607. The van der Waals surface area contributed by atoms with Crippen molar-refractivity contribution in [1.29, 1.82) is 0 Å². The number of esters is 1. The van der Waals surface area contributed by atoms with E-state index in [0.717, 1.165) is 17.7 Å². The molecule has 0 spiro atoms. The van der Waals surface area contributed by atoms with Gasteiger partial charge >= 0.3 is 5.97 Å². The van der Waals surface area contributed by atoms with Crippen LogP contribution in [-0.4, -0.2) is 19.2 Å². The van der Waals surface area contributed by atoms with Crippen molar-refractivity contribution in [2.45, 2.75) is 90.9 Å². The molecule has 0 saturated heterocycles. The topological polar surface area (TPSA) is 35.5 Å². The number of hydrogen-bond donors (Lipinski definition) is 0. The molecule has 0 aliphatic heterocycles. The molecule has 3 rings (SSSR count). The molecule has 0 amide bonds. The summed E-state index contributed by atoms with van der Waals surface area (Å²) in [4.78, 5) is 11.6. The molecule has 2 aliphatic carbocycles. The molecule has 1 saturated carbocycles. The normalized spacial score (nSPS) is 24.0. The summed E-state index contributed by atoms with van der Waals surface area (Å²) in [5.74, 6) is 2.02. The first kappa shape index (κ1) is 23.6. The van der Waals surface area contributed by atoms with E-state index in [1.165, 1.54) is 36.0 Å². The van der Waals surface area contributed by atoms with E-state index in [1.807, 2.05) is 19.9 Å². The Kier molecular flexibility index (Phi) is 7.03. The SMILES string of the molecule is CCOC(=O)C=C(C)C=CCC1CC1c1cc2c(cc1OCC)C(C)(C)CCC2(C)C. The Hall–Kier alpha value is -2.03.